The van der Waals surface area contributed by atoms with Crippen molar-refractivity contribution in [2.45, 2.75) is 148 Å². The first-order chi connectivity index (χ1) is 14.8. The Labute approximate surface area is 192 Å². The van der Waals surface area contributed by atoms with E-state index in [2.05, 4.69) is 12.2 Å². The molecule has 2 N–H and O–H groups in total. The number of rotatable bonds is 21. The van der Waals surface area contributed by atoms with Gasteiger partial charge in [-0.3, -0.25) is 4.79 Å². The van der Waals surface area contributed by atoms with Gasteiger partial charge in [-0.2, -0.15) is 0 Å². The third-order valence-electron chi connectivity index (χ3n) is 5.80. The molecule has 0 aromatic carbocycles. The van der Waals surface area contributed by atoms with Gasteiger partial charge < -0.3 is 15.2 Å². The van der Waals surface area contributed by atoms with Crippen LogP contribution in [0, 0.1) is 0 Å². The molecule has 0 aromatic heterocycles. The lowest BCUT2D eigenvalue weighted by Gasteiger charge is -2.26. The molecule has 0 spiro atoms. The number of nitrogens with one attached hydrogen (secondary N) is 1. The summed E-state index contributed by atoms with van der Waals surface area (Å²) in [6, 6.07) is 0. The van der Waals surface area contributed by atoms with Crippen LogP contribution in [0.1, 0.15) is 137 Å². The lowest BCUT2D eigenvalue weighted by Crippen LogP contribution is -2.44. The minimum atomic E-state index is -1.11. The standard InChI is InChI=1S/C26H51NO4/c1-5-6-7-8-9-10-11-12-13-14-15-16-17-18-19-20-24(29)27-26(3,4)21-22-31-25(30)23(2)28/h23,28H,5-22H2,1-4H3,(H,27,29). The largest absolute Gasteiger partial charge is 0.464 e. The molecule has 31 heavy (non-hydrogen) atoms. The van der Waals surface area contributed by atoms with E-state index in [0.717, 1.165) is 12.8 Å². The summed E-state index contributed by atoms with van der Waals surface area (Å²) in [5, 5.41) is 12.1. The number of hydrogen-bond acceptors (Lipinski definition) is 4. The molecular formula is C26H51NO4. The molecule has 0 fully saturated rings. The Morgan fingerprint density at radius 1 is 0.806 bits per heavy atom. The van der Waals surface area contributed by atoms with Crippen molar-refractivity contribution in [3.8, 4) is 0 Å². The van der Waals surface area contributed by atoms with Crippen LogP contribution in [0.2, 0.25) is 0 Å². The van der Waals surface area contributed by atoms with E-state index < -0.39 is 17.6 Å². The van der Waals surface area contributed by atoms with Gasteiger partial charge in [0, 0.05) is 18.4 Å². The highest BCUT2D eigenvalue weighted by atomic mass is 16.5. The SMILES string of the molecule is CCCCCCCCCCCCCCCCCC(=O)NC(C)(C)CCOC(=O)C(C)O. The normalized spacial score (nSPS) is 12.5. The molecule has 0 bridgehead atoms. The second-order valence-electron chi connectivity index (χ2n) is 9.73. The van der Waals surface area contributed by atoms with Gasteiger partial charge in [0.05, 0.1) is 6.61 Å². The van der Waals surface area contributed by atoms with E-state index in [0.29, 0.717) is 12.8 Å². The Balaban J connectivity index is 3.48. The van der Waals surface area contributed by atoms with Crippen molar-refractivity contribution in [3.05, 3.63) is 0 Å². The Hall–Kier alpha value is -1.10. The van der Waals surface area contributed by atoms with Crippen LogP contribution in [0.15, 0.2) is 0 Å². The second-order valence-corrected chi connectivity index (χ2v) is 9.73. The predicted octanol–water partition coefficient (Wildman–Crippen LogP) is 6.46. The number of unbranched alkanes of at least 4 members (excludes halogenated alkanes) is 14. The minimum Gasteiger partial charge on any atom is -0.464 e. The zero-order valence-electron chi connectivity index (χ0n) is 21.0. The third kappa shape index (κ3) is 20.6. The Bertz CT molecular complexity index is 449. The fourth-order valence-corrected chi connectivity index (χ4v) is 3.69. The number of amides is 1. The molecule has 0 aromatic rings. The van der Waals surface area contributed by atoms with E-state index in [1.165, 1.54) is 90.4 Å². The van der Waals surface area contributed by atoms with Crippen LogP contribution < -0.4 is 5.32 Å². The summed E-state index contributed by atoms with van der Waals surface area (Å²) < 4.78 is 4.97. The zero-order chi connectivity index (χ0) is 23.4. The fourth-order valence-electron chi connectivity index (χ4n) is 3.69. The molecule has 0 heterocycles. The van der Waals surface area contributed by atoms with E-state index in [-0.39, 0.29) is 12.5 Å². The molecule has 0 rings (SSSR count). The molecule has 1 amide bonds. The van der Waals surface area contributed by atoms with Crippen molar-refractivity contribution in [2.75, 3.05) is 6.61 Å². The number of ether oxygens (including phenoxy) is 1. The average molecular weight is 442 g/mol. The number of carbonyl (C=O) groups excluding carboxylic acids is 2. The van der Waals surface area contributed by atoms with E-state index in [4.69, 9.17) is 9.84 Å². The lowest BCUT2D eigenvalue weighted by atomic mass is 10.0. The van der Waals surface area contributed by atoms with Gasteiger partial charge in [0.25, 0.3) is 0 Å². The van der Waals surface area contributed by atoms with Crippen molar-refractivity contribution in [1.82, 2.24) is 5.32 Å². The molecule has 0 saturated carbocycles. The van der Waals surface area contributed by atoms with Crippen LogP contribution in [0.4, 0.5) is 0 Å². The number of hydrogen-bond donors (Lipinski definition) is 2. The summed E-state index contributed by atoms with van der Waals surface area (Å²) in [5.74, 6) is -0.568. The van der Waals surface area contributed by atoms with Gasteiger partial charge in [-0.1, -0.05) is 96.8 Å². The highest BCUT2D eigenvalue weighted by molar-refractivity contribution is 5.76. The molecule has 0 aliphatic carbocycles. The van der Waals surface area contributed by atoms with Crippen LogP contribution in [0.5, 0.6) is 0 Å². The molecule has 184 valence electrons. The van der Waals surface area contributed by atoms with E-state index >= 15 is 0 Å². The summed E-state index contributed by atoms with van der Waals surface area (Å²) in [5.41, 5.74) is -0.425. The van der Waals surface area contributed by atoms with Gasteiger partial charge in [0.15, 0.2) is 0 Å². The summed E-state index contributed by atoms with van der Waals surface area (Å²) in [7, 11) is 0. The van der Waals surface area contributed by atoms with Gasteiger partial charge in [-0.15, -0.1) is 0 Å². The molecule has 0 aliphatic rings. The molecule has 1 unspecified atom stereocenters. The van der Waals surface area contributed by atoms with Gasteiger partial charge >= 0.3 is 5.97 Å². The quantitative estimate of drug-likeness (QED) is 0.158. The Kier molecular flexibility index (Phi) is 18.9. The number of carbonyl (C=O) groups is 2. The smallest absolute Gasteiger partial charge is 0.334 e. The highest BCUT2D eigenvalue weighted by Crippen LogP contribution is 2.14. The van der Waals surface area contributed by atoms with Crippen LogP contribution in [0.3, 0.4) is 0 Å². The summed E-state index contributed by atoms with van der Waals surface area (Å²) in [4.78, 5) is 23.4. The van der Waals surface area contributed by atoms with Crippen LogP contribution in [-0.2, 0) is 14.3 Å². The topological polar surface area (TPSA) is 75.6 Å². The first kappa shape index (κ1) is 29.9. The van der Waals surface area contributed by atoms with Crippen molar-refractivity contribution in [2.24, 2.45) is 0 Å². The van der Waals surface area contributed by atoms with E-state index in [1.54, 1.807) is 0 Å². The second kappa shape index (κ2) is 19.6. The third-order valence-corrected chi connectivity index (χ3v) is 5.80. The van der Waals surface area contributed by atoms with Crippen molar-refractivity contribution in [1.29, 1.82) is 0 Å². The number of esters is 1. The predicted molar refractivity (Wildman–Crippen MR) is 129 cm³/mol. The Morgan fingerprint density at radius 3 is 1.65 bits per heavy atom. The highest BCUT2D eigenvalue weighted by Gasteiger charge is 2.21. The van der Waals surface area contributed by atoms with E-state index in [1.807, 2.05) is 13.8 Å². The summed E-state index contributed by atoms with van der Waals surface area (Å²) in [6.45, 7) is 7.69. The summed E-state index contributed by atoms with van der Waals surface area (Å²) in [6.07, 6.45) is 19.7. The first-order valence-corrected chi connectivity index (χ1v) is 12.9. The average Bonchev–Trinajstić information content (AvgIpc) is 2.70. The molecule has 1 atom stereocenters. The van der Waals surface area contributed by atoms with Crippen molar-refractivity contribution in [3.63, 3.8) is 0 Å². The van der Waals surface area contributed by atoms with Gasteiger partial charge in [-0.05, 0) is 27.2 Å². The number of aliphatic hydroxyl groups is 1. The van der Waals surface area contributed by atoms with Crippen molar-refractivity contribution < 1.29 is 19.4 Å². The molecule has 0 saturated heterocycles. The minimum absolute atomic E-state index is 0.0570. The van der Waals surface area contributed by atoms with E-state index in [9.17, 15) is 9.59 Å². The molecular weight excluding hydrogens is 390 g/mol. The Morgan fingerprint density at radius 2 is 1.23 bits per heavy atom. The maximum absolute atomic E-state index is 12.1. The van der Waals surface area contributed by atoms with Gasteiger partial charge in [0.2, 0.25) is 5.91 Å². The number of aliphatic hydroxyl groups excluding tert-OH is 1. The van der Waals surface area contributed by atoms with Gasteiger partial charge in [0.1, 0.15) is 6.10 Å². The first-order valence-electron chi connectivity index (χ1n) is 12.9. The van der Waals surface area contributed by atoms with Crippen LogP contribution in [-0.4, -0.2) is 35.2 Å². The van der Waals surface area contributed by atoms with Crippen LogP contribution in [0.25, 0.3) is 0 Å². The molecule has 0 aliphatic heterocycles. The maximum atomic E-state index is 12.1. The fraction of sp³-hybridized carbons (Fsp3) is 0.923. The monoisotopic (exact) mass is 441 g/mol. The molecule has 5 heteroatoms. The molecule has 0 radical (unpaired) electrons. The maximum Gasteiger partial charge on any atom is 0.334 e. The van der Waals surface area contributed by atoms with Crippen LogP contribution >= 0.6 is 0 Å². The summed E-state index contributed by atoms with van der Waals surface area (Å²) >= 11 is 0. The molecule has 5 nitrogen and oxygen atoms in total. The zero-order valence-corrected chi connectivity index (χ0v) is 21.0. The van der Waals surface area contributed by atoms with Crippen molar-refractivity contribution >= 4 is 11.9 Å². The lowest BCUT2D eigenvalue weighted by molar-refractivity contribution is -0.152. The van der Waals surface area contributed by atoms with Gasteiger partial charge in [-0.25, -0.2) is 4.79 Å².